The van der Waals surface area contributed by atoms with Crippen LogP contribution in [0.5, 0.6) is 0 Å². The van der Waals surface area contributed by atoms with Crippen LogP contribution in [0.4, 0.5) is 4.79 Å². The van der Waals surface area contributed by atoms with Crippen LogP contribution in [0.25, 0.3) is 0 Å². The number of carbonyl (C=O) groups is 2. The predicted molar refractivity (Wildman–Crippen MR) is 63.4 cm³/mol. The molecule has 1 aliphatic heterocycles. The number of allylic oxidation sites excluding steroid dienone is 1. The Morgan fingerprint density at radius 3 is 2.72 bits per heavy atom. The van der Waals surface area contributed by atoms with Crippen molar-refractivity contribution < 1.29 is 28.9 Å². The molecule has 3 N–H and O–H groups in total. The Bertz CT molecular complexity index is 405. The van der Waals surface area contributed by atoms with Gasteiger partial charge in [0, 0.05) is 5.75 Å². The van der Waals surface area contributed by atoms with E-state index in [1.807, 2.05) is 0 Å². The van der Waals surface area contributed by atoms with E-state index < -0.39 is 17.3 Å². The molecule has 0 spiro atoms. The molecule has 1 aliphatic rings. The molecule has 1 rings (SSSR count). The van der Waals surface area contributed by atoms with Crippen LogP contribution < -0.4 is 5.73 Å². The molecule has 0 saturated heterocycles. The number of nitrogens with two attached hydrogens (primary N) is 1. The van der Waals surface area contributed by atoms with E-state index in [0.29, 0.717) is 23.3 Å². The summed E-state index contributed by atoms with van der Waals surface area (Å²) in [7, 11) is 0. The van der Waals surface area contributed by atoms with E-state index in [-0.39, 0.29) is 18.3 Å². The highest BCUT2D eigenvalue weighted by Gasteiger charge is 2.20. The summed E-state index contributed by atoms with van der Waals surface area (Å²) in [5.41, 5.74) is 5.23. The van der Waals surface area contributed by atoms with Crippen LogP contribution in [0.3, 0.4) is 0 Å². The molecule has 1 heterocycles. The second-order valence-electron chi connectivity index (χ2n) is 3.35. The van der Waals surface area contributed by atoms with Crippen LogP contribution in [0.2, 0.25) is 0 Å². The van der Waals surface area contributed by atoms with Gasteiger partial charge in [0.2, 0.25) is 0 Å². The molecule has 0 unspecified atom stereocenters. The minimum absolute atomic E-state index is 0.0593. The maximum Gasteiger partial charge on any atom is 0.367 e. The number of aliphatic carboxylic acids is 1. The van der Waals surface area contributed by atoms with Gasteiger partial charge in [-0.25, -0.2) is 4.79 Å². The van der Waals surface area contributed by atoms with Gasteiger partial charge in [0.15, 0.2) is 12.4 Å². The predicted octanol–water partition coefficient (Wildman–Crippen LogP) is 1.02. The fourth-order valence-corrected chi connectivity index (χ4v) is 1.58. The fourth-order valence-electron chi connectivity index (χ4n) is 0.984. The summed E-state index contributed by atoms with van der Waals surface area (Å²) in [5, 5.41) is 7.89. The summed E-state index contributed by atoms with van der Waals surface area (Å²) in [4.78, 5) is 21.7. The number of rotatable bonds is 5. The van der Waals surface area contributed by atoms with E-state index in [4.69, 9.17) is 25.1 Å². The lowest BCUT2D eigenvalue weighted by atomic mass is 10.4. The van der Waals surface area contributed by atoms with Crippen molar-refractivity contribution in [2.24, 2.45) is 5.73 Å². The lowest BCUT2D eigenvalue weighted by Gasteiger charge is -2.06. The SMILES string of the molecule is C=C1OC(C)=C(COC(=O)SC[C@H](N)C(=O)O)O1. The number of hydrogen-bond donors (Lipinski definition) is 2. The van der Waals surface area contributed by atoms with Crippen molar-refractivity contribution >= 4 is 23.0 Å². The van der Waals surface area contributed by atoms with E-state index in [1.54, 1.807) is 6.92 Å². The Morgan fingerprint density at radius 2 is 2.22 bits per heavy atom. The monoisotopic (exact) mass is 275 g/mol. The molecule has 0 aromatic heterocycles. The summed E-state index contributed by atoms with van der Waals surface area (Å²) in [6.07, 6.45) is 0. The molecule has 0 aromatic carbocycles. The lowest BCUT2D eigenvalue weighted by molar-refractivity contribution is -0.137. The van der Waals surface area contributed by atoms with E-state index >= 15 is 0 Å². The number of carboxylic acids is 1. The third-order valence-corrected chi connectivity index (χ3v) is 2.80. The summed E-state index contributed by atoms with van der Waals surface area (Å²) >= 11 is 0.690. The van der Waals surface area contributed by atoms with Crippen molar-refractivity contribution in [1.82, 2.24) is 0 Å². The van der Waals surface area contributed by atoms with Gasteiger partial charge in [-0.1, -0.05) is 0 Å². The van der Waals surface area contributed by atoms with Crippen molar-refractivity contribution in [1.29, 1.82) is 0 Å². The minimum Gasteiger partial charge on any atom is -0.480 e. The Kier molecular flexibility index (Phi) is 5.05. The van der Waals surface area contributed by atoms with Crippen molar-refractivity contribution in [3.05, 3.63) is 24.0 Å². The van der Waals surface area contributed by atoms with Crippen molar-refractivity contribution in [2.45, 2.75) is 13.0 Å². The summed E-state index contributed by atoms with van der Waals surface area (Å²) in [6.45, 7) is 5.00. The van der Waals surface area contributed by atoms with Crippen LogP contribution in [-0.4, -0.2) is 34.8 Å². The van der Waals surface area contributed by atoms with Gasteiger partial charge in [0.05, 0.1) is 0 Å². The number of carboxylic acid groups (broad SMARTS) is 1. The van der Waals surface area contributed by atoms with Gasteiger partial charge >= 0.3 is 11.3 Å². The van der Waals surface area contributed by atoms with Crippen molar-refractivity contribution in [2.75, 3.05) is 12.4 Å². The quantitative estimate of drug-likeness (QED) is 0.716. The van der Waals surface area contributed by atoms with Gasteiger partial charge in [-0.3, -0.25) is 4.79 Å². The Morgan fingerprint density at radius 1 is 1.56 bits per heavy atom. The maximum absolute atomic E-state index is 11.3. The molecule has 18 heavy (non-hydrogen) atoms. The highest BCUT2D eigenvalue weighted by Crippen LogP contribution is 2.23. The fraction of sp³-hybridized carbons (Fsp3) is 0.400. The van der Waals surface area contributed by atoms with Gasteiger partial charge in [0.1, 0.15) is 11.8 Å². The smallest absolute Gasteiger partial charge is 0.367 e. The zero-order valence-corrected chi connectivity index (χ0v) is 10.5. The van der Waals surface area contributed by atoms with Crippen LogP contribution >= 0.6 is 11.8 Å². The van der Waals surface area contributed by atoms with E-state index in [9.17, 15) is 9.59 Å². The average Bonchev–Trinajstić information content (AvgIpc) is 2.61. The summed E-state index contributed by atoms with van der Waals surface area (Å²) in [6, 6.07) is -1.10. The first-order valence-corrected chi connectivity index (χ1v) is 5.91. The van der Waals surface area contributed by atoms with E-state index in [2.05, 4.69) is 6.58 Å². The molecule has 0 saturated carbocycles. The highest BCUT2D eigenvalue weighted by atomic mass is 32.2. The van der Waals surface area contributed by atoms with E-state index in [0.717, 1.165) is 0 Å². The Labute approximate surface area is 108 Å². The first kappa shape index (κ1) is 14.4. The van der Waals surface area contributed by atoms with Crippen LogP contribution in [0, 0.1) is 0 Å². The molecule has 0 amide bonds. The topological polar surface area (TPSA) is 108 Å². The molecule has 0 radical (unpaired) electrons. The van der Waals surface area contributed by atoms with Gasteiger partial charge in [-0.2, -0.15) is 0 Å². The molecule has 1 atom stereocenters. The van der Waals surface area contributed by atoms with Crippen molar-refractivity contribution in [3.63, 3.8) is 0 Å². The number of carbonyl (C=O) groups excluding carboxylic acids is 1. The number of ether oxygens (including phenoxy) is 3. The maximum atomic E-state index is 11.3. The number of hydrogen-bond acceptors (Lipinski definition) is 7. The van der Waals surface area contributed by atoms with Crippen LogP contribution in [0.15, 0.2) is 24.0 Å². The Balaban J connectivity index is 2.28. The molecule has 0 aliphatic carbocycles. The first-order valence-electron chi connectivity index (χ1n) is 4.92. The number of thioether (sulfide) groups is 1. The molecule has 0 bridgehead atoms. The first-order chi connectivity index (χ1) is 8.40. The van der Waals surface area contributed by atoms with Crippen LogP contribution in [-0.2, 0) is 19.0 Å². The summed E-state index contributed by atoms with van der Waals surface area (Å²) in [5.74, 6) is -0.274. The molecule has 8 heteroatoms. The molecule has 0 aromatic rings. The van der Waals surface area contributed by atoms with Gasteiger partial charge in [-0.15, -0.1) is 0 Å². The molecule has 0 fully saturated rings. The second-order valence-corrected chi connectivity index (χ2v) is 4.31. The zero-order valence-electron chi connectivity index (χ0n) is 9.67. The third kappa shape index (κ3) is 4.30. The third-order valence-electron chi connectivity index (χ3n) is 1.92. The lowest BCUT2D eigenvalue weighted by Crippen LogP contribution is -2.32. The molecular weight excluding hydrogens is 262 g/mol. The summed E-state index contributed by atoms with van der Waals surface area (Å²) < 4.78 is 14.9. The minimum atomic E-state index is -1.17. The van der Waals surface area contributed by atoms with Gasteiger partial charge in [-0.05, 0) is 25.3 Å². The molecule has 100 valence electrons. The standard InChI is InChI=1S/C10H13NO6S/c1-5-8(17-6(2)16-5)3-15-10(14)18-4-7(11)9(12)13/h7H,2-4,11H2,1H3,(H,12,13)/t7-/m0/s1. The Hall–Kier alpha value is -1.67. The van der Waals surface area contributed by atoms with Gasteiger partial charge < -0.3 is 25.1 Å². The normalized spacial score (nSPS) is 16.0. The average molecular weight is 275 g/mol. The molecule has 7 nitrogen and oxygen atoms in total. The molecular formula is C10H13NO6S. The zero-order chi connectivity index (χ0) is 13.7. The van der Waals surface area contributed by atoms with Gasteiger partial charge in [0.25, 0.3) is 5.95 Å². The highest BCUT2D eigenvalue weighted by molar-refractivity contribution is 8.13. The largest absolute Gasteiger partial charge is 0.480 e. The van der Waals surface area contributed by atoms with E-state index in [1.165, 1.54) is 0 Å². The van der Waals surface area contributed by atoms with Crippen molar-refractivity contribution in [3.8, 4) is 0 Å². The van der Waals surface area contributed by atoms with Crippen LogP contribution in [0.1, 0.15) is 6.92 Å². The second kappa shape index (κ2) is 6.31.